The van der Waals surface area contributed by atoms with Crippen LogP contribution in [0, 0.1) is 0 Å². The van der Waals surface area contributed by atoms with Crippen LogP contribution in [0.2, 0.25) is 0 Å². The lowest BCUT2D eigenvalue weighted by Crippen LogP contribution is -2.38. The molecule has 0 unspecified atom stereocenters. The third kappa shape index (κ3) is 5.74. The molecule has 3 aromatic rings. The van der Waals surface area contributed by atoms with Crippen LogP contribution in [0.25, 0.3) is 5.69 Å². The first-order valence-electron chi connectivity index (χ1n) is 10.5. The van der Waals surface area contributed by atoms with Crippen molar-refractivity contribution >= 4 is 17.5 Å². The molecule has 4 rings (SSSR count). The van der Waals surface area contributed by atoms with Gasteiger partial charge in [-0.25, -0.2) is 0 Å². The second-order valence-electron chi connectivity index (χ2n) is 7.41. The number of ether oxygens (including phenoxy) is 1. The SMILES string of the molecule is O=C(CCN1CCOCC1)Nc1cccc(CNC(=O)c2ccccc2-n2cnnn2)c1. The molecule has 1 fully saturated rings. The first-order chi connectivity index (χ1) is 15.7. The summed E-state index contributed by atoms with van der Waals surface area (Å²) >= 11 is 0. The molecule has 2 aromatic carbocycles. The minimum atomic E-state index is -0.240. The Morgan fingerprint density at radius 3 is 2.72 bits per heavy atom. The van der Waals surface area contributed by atoms with Crippen LogP contribution in [0.5, 0.6) is 0 Å². The number of anilines is 1. The predicted octanol–water partition coefficient (Wildman–Crippen LogP) is 1.25. The van der Waals surface area contributed by atoms with Gasteiger partial charge in [-0.2, -0.15) is 4.68 Å². The number of nitrogens with zero attached hydrogens (tertiary/aromatic N) is 5. The standard InChI is InChI=1S/C22H25N7O3/c30-21(8-9-28-10-12-32-13-11-28)25-18-5-3-4-17(14-18)15-23-22(31)19-6-1-2-7-20(19)29-16-24-26-27-29/h1-7,14,16H,8-13,15H2,(H,23,31)(H,25,30). The molecule has 166 valence electrons. The molecule has 0 radical (unpaired) electrons. The average molecular weight is 435 g/mol. The molecule has 1 aliphatic heterocycles. The highest BCUT2D eigenvalue weighted by atomic mass is 16.5. The van der Waals surface area contributed by atoms with E-state index in [2.05, 4.69) is 31.1 Å². The quantitative estimate of drug-likeness (QED) is 0.547. The van der Waals surface area contributed by atoms with Crippen LogP contribution in [0.3, 0.4) is 0 Å². The van der Waals surface area contributed by atoms with Crippen molar-refractivity contribution in [3.8, 4) is 5.69 Å². The highest BCUT2D eigenvalue weighted by Crippen LogP contribution is 2.14. The van der Waals surface area contributed by atoms with Gasteiger partial charge in [0.1, 0.15) is 6.33 Å². The van der Waals surface area contributed by atoms with Crippen molar-refractivity contribution in [3.05, 3.63) is 66.0 Å². The van der Waals surface area contributed by atoms with Crippen molar-refractivity contribution in [3.63, 3.8) is 0 Å². The van der Waals surface area contributed by atoms with Gasteiger partial charge in [-0.05, 0) is 40.3 Å². The molecule has 0 saturated carbocycles. The van der Waals surface area contributed by atoms with E-state index in [0.29, 0.717) is 36.4 Å². The van der Waals surface area contributed by atoms with E-state index < -0.39 is 0 Å². The lowest BCUT2D eigenvalue weighted by Gasteiger charge is -2.26. The van der Waals surface area contributed by atoms with Crippen molar-refractivity contribution in [2.75, 3.05) is 38.2 Å². The van der Waals surface area contributed by atoms with Gasteiger partial charge in [0.05, 0.1) is 24.5 Å². The maximum absolute atomic E-state index is 12.8. The smallest absolute Gasteiger partial charge is 0.253 e. The highest BCUT2D eigenvalue weighted by molar-refractivity contribution is 5.97. The van der Waals surface area contributed by atoms with E-state index in [-0.39, 0.29) is 11.8 Å². The summed E-state index contributed by atoms with van der Waals surface area (Å²) in [5.41, 5.74) is 2.64. The normalized spacial score (nSPS) is 14.1. The highest BCUT2D eigenvalue weighted by Gasteiger charge is 2.14. The molecular formula is C22H25N7O3. The average Bonchev–Trinajstić information content (AvgIpc) is 3.37. The topological polar surface area (TPSA) is 114 Å². The molecule has 10 nitrogen and oxygen atoms in total. The first kappa shape index (κ1) is 21.6. The van der Waals surface area contributed by atoms with Gasteiger partial charge in [0.15, 0.2) is 0 Å². The number of aromatic nitrogens is 4. The molecule has 2 heterocycles. The second-order valence-corrected chi connectivity index (χ2v) is 7.41. The lowest BCUT2D eigenvalue weighted by atomic mass is 10.1. The predicted molar refractivity (Wildman–Crippen MR) is 117 cm³/mol. The van der Waals surface area contributed by atoms with Crippen molar-refractivity contribution in [2.24, 2.45) is 0 Å². The zero-order valence-electron chi connectivity index (χ0n) is 17.6. The van der Waals surface area contributed by atoms with E-state index >= 15 is 0 Å². The summed E-state index contributed by atoms with van der Waals surface area (Å²) < 4.78 is 6.77. The van der Waals surface area contributed by atoms with Gasteiger partial charge in [-0.1, -0.05) is 24.3 Å². The van der Waals surface area contributed by atoms with Crippen LogP contribution in [0.1, 0.15) is 22.3 Å². The Balaban J connectivity index is 1.31. The number of tetrazole rings is 1. The molecular weight excluding hydrogens is 410 g/mol. The number of para-hydroxylation sites is 1. The molecule has 0 aliphatic carbocycles. The number of carbonyl (C=O) groups is 2. The lowest BCUT2D eigenvalue weighted by molar-refractivity contribution is -0.116. The maximum atomic E-state index is 12.8. The van der Waals surface area contributed by atoms with Gasteiger partial charge in [0.2, 0.25) is 5.91 Å². The number of carbonyl (C=O) groups excluding carboxylic acids is 2. The molecule has 0 atom stereocenters. The van der Waals surface area contributed by atoms with Crippen LogP contribution in [-0.2, 0) is 16.1 Å². The van der Waals surface area contributed by atoms with Gasteiger partial charge in [0.25, 0.3) is 5.91 Å². The number of morpholine rings is 1. The summed E-state index contributed by atoms with van der Waals surface area (Å²) in [6.07, 6.45) is 1.87. The number of hydrogen-bond donors (Lipinski definition) is 2. The van der Waals surface area contributed by atoms with E-state index in [1.54, 1.807) is 18.2 Å². The summed E-state index contributed by atoms with van der Waals surface area (Å²) in [4.78, 5) is 27.3. The monoisotopic (exact) mass is 435 g/mol. The Labute approximate surface area is 185 Å². The molecule has 2 N–H and O–H groups in total. The fourth-order valence-electron chi connectivity index (χ4n) is 3.48. The first-order valence-corrected chi connectivity index (χ1v) is 10.5. The summed E-state index contributed by atoms with van der Waals surface area (Å²) in [5.74, 6) is -0.274. The zero-order valence-corrected chi connectivity index (χ0v) is 17.6. The zero-order chi connectivity index (χ0) is 22.2. The van der Waals surface area contributed by atoms with Crippen molar-refractivity contribution < 1.29 is 14.3 Å². The summed E-state index contributed by atoms with van der Waals surface area (Å²) in [6, 6.07) is 14.6. The van der Waals surface area contributed by atoms with Gasteiger partial charge in [0, 0.05) is 38.3 Å². The van der Waals surface area contributed by atoms with Crippen LogP contribution in [0.4, 0.5) is 5.69 Å². The third-order valence-electron chi connectivity index (χ3n) is 5.17. The third-order valence-corrected chi connectivity index (χ3v) is 5.17. The molecule has 32 heavy (non-hydrogen) atoms. The number of rotatable bonds is 8. The molecule has 10 heteroatoms. The van der Waals surface area contributed by atoms with Crippen LogP contribution >= 0.6 is 0 Å². The number of hydrogen-bond acceptors (Lipinski definition) is 7. The minimum Gasteiger partial charge on any atom is -0.379 e. The van der Waals surface area contributed by atoms with E-state index in [1.165, 1.54) is 11.0 Å². The van der Waals surface area contributed by atoms with Crippen LogP contribution < -0.4 is 10.6 Å². The van der Waals surface area contributed by atoms with Crippen molar-refractivity contribution in [1.82, 2.24) is 30.4 Å². The summed E-state index contributed by atoms with van der Waals surface area (Å²) in [5, 5.41) is 17.0. The number of benzene rings is 2. The molecule has 1 saturated heterocycles. The molecule has 0 spiro atoms. The van der Waals surface area contributed by atoms with E-state index in [4.69, 9.17) is 4.74 Å². The Morgan fingerprint density at radius 1 is 1.06 bits per heavy atom. The minimum absolute atomic E-state index is 0.0342. The summed E-state index contributed by atoms with van der Waals surface area (Å²) in [6.45, 7) is 4.19. The fraction of sp³-hybridized carbons (Fsp3) is 0.318. The fourth-order valence-corrected chi connectivity index (χ4v) is 3.48. The second kappa shape index (κ2) is 10.6. The summed E-state index contributed by atoms with van der Waals surface area (Å²) in [7, 11) is 0. The van der Waals surface area contributed by atoms with Gasteiger partial charge < -0.3 is 15.4 Å². The molecule has 1 aromatic heterocycles. The van der Waals surface area contributed by atoms with Gasteiger partial charge in [-0.15, -0.1) is 5.10 Å². The van der Waals surface area contributed by atoms with Crippen LogP contribution in [0.15, 0.2) is 54.9 Å². The molecule has 2 amide bonds. The Hall–Kier alpha value is -3.63. The van der Waals surface area contributed by atoms with Gasteiger partial charge in [-0.3, -0.25) is 14.5 Å². The van der Waals surface area contributed by atoms with Crippen LogP contribution in [-0.4, -0.2) is 69.8 Å². The van der Waals surface area contributed by atoms with Gasteiger partial charge >= 0.3 is 0 Å². The van der Waals surface area contributed by atoms with Crippen molar-refractivity contribution in [1.29, 1.82) is 0 Å². The molecule has 1 aliphatic rings. The van der Waals surface area contributed by atoms with E-state index in [9.17, 15) is 9.59 Å². The van der Waals surface area contributed by atoms with E-state index in [0.717, 1.165) is 31.9 Å². The number of nitrogens with one attached hydrogen (secondary N) is 2. The molecule has 0 bridgehead atoms. The maximum Gasteiger partial charge on any atom is 0.253 e. The Bertz CT molecular complexity index is 1050. The Morgan fingerprint density at radius 2 is 1.91 bits per heavy atom. The largest absolute Gasteiger partial charge is 0.379 e. The number of amides is 2. The van der Waals surface area contributed by atoms with Crippen molar-refractivity contribution in [2.45, 2.75) is 13.0 Å². The Kier molecular flexibility index (Phi) is 7.15. The van der Waals surface area contributed by atoms with E-state index in [1.807, 2.05) is 30.3 Å².